The van der Waals surface area contributed by atoms with Crippen LogP contribution in [-0.4, -0.2) is 60.1 Å². The molecule has 1 saturated heterocycles. The van der Waals surface area contributed by atoms with E-state index in [4.69, 9.17) is 21.1 Å². The summed E-state index contributed by atoms with van der Waals surface area (Å²) in [6.07, 6.45) is 0. The lowest BCUT2D eigenvalue weighted by Crippen LogP contribution is -2.48. The van der Waals surface area contributed by atoms with Crippen molar-refractivity contribution in [2.24, 2.45) is 0 Å². The quantitative estimate of drug-likeness (QED) is 0.716. The molecule has 29 heavy (non-hydrogen) atoms. The topological polar surface area (TPSA) is 57.8 Å². The molecule has 1 aromatic heterocycles. The zero-order chi connectivity index (χ0) is 19.8. The number of H-pyrrole nitrogens is 1. The number of carbonyl (C=O) groups is 1. The predicted octanol–water partition coefficient (Wildman–Crippen LogP) is 3.55. The summed E-state index contributed by atoms with van der Waals surface area (Å²) in [5.74, 6) is 1.67. The molecule has 1 N–H and O–H groups in total. The number of ether oxygens (including phenoxy) is 2. The number of rotatable bonds is 3. The van der Waals surface area contributed by atoms with Crippen molar-refractivity contribution >= 4 is 28.4 Å². The van der Waals surface area contributed by atoms with Crippen LogP contribution in [0.5, 0.6) is 11.5 Å². The van der Waals surface area contributed by atoms with Crippen LogP contribution >= 0.6 is 11.6 Å². The molecule has 0 aliphatic carbocycles. The van der Waals surface area contributed by atoms with Crippen molar-refractivity contribution in [1.29, 1.82) is 0 Å². The summed E-state index contributed by atoms with van der Waals surface area (Å²) in [5, 5.41) is 1.63. The van der Waals surface area contributed by atoms with Crippen LogP contribution in [0.25, 0.3) is 10.9 Å². The van der Waals surface area contributed by atoms with Crippen LogP contribution < -0.4 is 9.47 Å². The van der Waals surface area contributed by atoms with Gasteiger partial charge < -0.3 is 19.4 Å². The van der Waals surface area contributed by atoms with Gasteiger partial charge in [0.05, 0.1) is 0 Å². The second kappa shape index (κ2) is 7.61. The third-order valence-corrected chi connectivity index (χ3v) is 5.72. The number of benzene rings is 2. The van der Waals surface area contributed by atoms with Gasteiger partial charge in [-0.25, -0.2) is 0 Å². The van der Waals surface area contributed by atoms with Crippen molar-refractivity contribution in [2.75, 3.05) is 39.4 Å². The Morgan fingerprint density at radius 2 is 1.76 bits per heavy atom. The summed E-state index contributed by atoms with van der Waals surface area (Å²) in [7, 11) is 0. The zero-order valence-corrected chi connectivity index (χ0v) is 16.7. The van der Waals surface area contributed by atoms with Gasteiger partial charge in [0.1, 0.15) is 18.9 Å². The molecule has 0 spiro atoms. The maximum atomic E-state index is 12.9. The second-order valence-electron chi connectivity index (χ2n) is 7.46. The van der Waals surface area contributed by atoms with Crippen molar-refractivity contribution in [3.05, 3.63) is 58.7 Å². The highest BCUT2D eigenvalue weighted by Crippen LogP contribution is 2.31. The molecular formula is C22H22ClN3O3. The van der Waals surface area contributed by atoms with E-state index in [-0.39, 0.29) is 5.91 Å². The largest absolute Gasteiger partial charge is 0.486 e. The number of amides is 1. The van der Waals surface area contributed by atoms with Crippen molar-refractivity contribution in [3.8, 4) is 11.5 Å². The van der Waals surface area contributed by atoms with Gasteiger partial charge in [0.2, 0.25) is 0 Å². The molecule has 2 aromatic carbocycles. The SMILES string of the molecule is O=C(c1cc2cc(Cl)ccc2[nH]1)N1CCN(Cc2ccc3c(c2)OCCO3)CC1. The molecule has 2 aliphatic heterocycles. The van der Waals surface area contributed by atoms with Crippen LogP contribution in [0.2, 0.25) is 5.02 Å². The number of nitrogens with zero attached hydrogens (tertiary/aromatic N) is 2. The maximum absolute atomic E-state index is 12.9. The number of aromatic amines is 1. The number of carbonyl (C=O) groups excluding carboxylic acids is 1. The van der Waals surface area contributed by atoms with Crippen molar-refractivity contribution in [1.82, 2.24) is 14.8 Å². The first-order chi connectivity index (χ1) is 14.2. The molecule has 5 rings (SSSR count). The standard InChI is InChI=1S/C22H22ClN3O3/c23-17-2-3-18-16(12-17)13-19(24-18)22(27)26-7-5-25(6-8-26)14-15-1-4-20-21(11-15)29-10-9-28-20/h1-4,11-13,24H,5-10,14H2. The van der Waals surface area contributed by atoms with E-state index >= 15 is 0 Å². The van der Waals surface area contributed by atoms with E-state index in [1.54, 1.807) is 0 Å². The fraction of sp³-hybridized carbons (Fsp3) is 0.318. The molecule has 3 aromatic rings. The van der Waals surface area contributed by atoms with Crippen LogP contribution in [0, 0.1) is 0 Å². The van der Waals surface area contributed by atoms with E-state index < -0.39 is 0 Å². The van der Waals surface area contributed by atoms with Crippen LogP contribution in [0.15, 0.2) is 42.5 Å². The molecule has 0 unspecified atom stereocenters. The number of fused-ring (bicyclic) bond motifs is 2. The number of aromatic nitrogens is 1. The lowest BCUT2D eigenvalue weighted by molar-refractivity contribution is 0.0623. The van der Waals surface area contributed by atoms with E-state index in [2.05, 4.69) is 22.0 Å². The third-order valence-electron chi connectivity index (χ3n) is 5.49. The van der Waals surface area contributed by atoms with Crippen LogP contribution in [0.4, 0.5) is 0 Å². The fourth-order valence-electron chi connectivity index (χ4n) is 3.94. The molecule has 0 saturated carbocycles. The molecule has 150 valence electrons. The minimum atomic E-state index is 0.0382. The van der Waals surface area contributed by atoms with Gasteiger partial charge in [-0.05, 0) is 42.0 Å². The number of hydrogen-bond donors (Lipinski definition) is 1. The highest BCUT2D eigenvalue weighted by Gasteiger charge is 2.24. The van der Waals surface area contributed by atoms with Crippen molar-refractivity contribution in [3.63, 3.8) is 0 Å². The maximum Gasteiger partial charge on any atom is 0.270 e. The van der Waals surface area contributed by atoms with E-state index in [0.29, 0.717) is 37.0 Å². The van der Waals surface area contributed by atoms with Crippen LogP contribution in [-0.2, 0) is 6.54 Å². The minimum Gasteiger partial charge on any atom is -0.486 e. The average molecular weight is 412 g/mol. The summed E-state index contributed by atoms with van der Waals surface area (Å²) in [6, 6.07) is 13.6. The Hall–Kier alpha value is -2.70. The second-order valence-corrected chi connectivity index (χ2v) is 7.90. The summed E-state index contributed by atoms with van der Waals surface area (Å²) in [6.45, 7) is 5.13. The molecule has 0 bridgehead atoms. The number of halogens is 1. The Bertz CT molecular complexity index is 1060. The molecule has 3 heterocycles. The monoisotopic (exact) mass is 411 g/mol. The Balaban J connectivity index is 1.21. The van der Waals surface area contributed by atoms with Gasteiger partial charge >= 0.3 is 0 Å². The highest BCUT2D eigenvalue weighted by atomic mass is 35.5. The summed E-state index contributed by atoms with van der Waals surface area (Å²) in [5.41, 5.74) is 2.74. The van der Waals surface area contributed by atoms with Crippen LogP contribution in [0.3, 0.4) is 0 Å². The molecule has 1 amide bonds. The Morgan fingerprint density at radius 1 is 0.966 bits per heavy atom. The normalized spacial score (nSPS) is 16.9. The van der Waals surface area contributed by atoms with Gasteiger partial charge in [0.15, 0.2) is 11.5 Å². The van der Waals surface area contributed by atoms with Gasteiger partial charge in [-0.1, -0.05) is 17.7 Å². The summed E-state index contributed by atoms with van der Waals surface area (Å²) < 4.78 is 11.3. The zero-order valence-electron chi connectivity index (χ0n) is 16.0. The lowest BCUT2D eigenvalue weighted by Gasteiger charge is -2.34. The first-order valence-electron chi connectivity index (χ1n) is 9.84. The van der Waals surface area contributed by atoms with Crippen LogP contribution in [0.1, 0.15) is 16.1 Å². The molecule has 0 radical (unpaired) electrons. The number of nitrogens with one attached hydrogen (secondary N) is 1. The van der Waals surface area contributed by atoms with Crippen molar-refractivity contribution in [2.45, 2.75) is 6.54 Å². The van der Waals surface area contributed by atoms with Gasteiger partial charge in [0, 0.05) is 48.6 Å². The molecule has 6 nitrogen and oxygen atoms in total. The Kier molecular flexibility index (Phi) is 4.81. The number of piperazine rings is 1. The molecule has 7 heteroatoms. The number of hydrogen-bond acceptors (Lipinski definition) is 4. The molecule has 2 aliphatic rings. The highest BCUT2D eigenvalue weighted by molar-refractivity contribution is 6.31. The van der Waals surface area contributed by atoms with Gasteiger partial charge in [-0.15, -0.1) is 0 Å². The lowest BCUT2D eigenvalue weighted by atomic mass is 10.1. The smallest absolute Gasteiger partial charge is 0.270 e. The first-order valence-corrected chi connectivity index (χ1v) is 10.2. The fourth-order valence-corrected chi connectivity index (χ4v) is 4.12. The average Bonchev–Trinajstić information content (AvgIpc) is 3.17. The first kappa shape index (κ1) is 18.3. The molecule has 1 fully saturated rings. The van der Waals surface area contributed by atoms with E-state index in [1.165, 1.54) is 5.56 Å². The van der Waals surface area contributed by atoms with E-state index in [1.807, 2.05) is 35.2 Å². The van der Waals surface area contributed by atoms with Gasteiger partial charge in [-0.3, -0.25) is 9.69 Å². The Morgan fingerprint density at radius 3 is 2.59 bits per heavy atom. The minimum absolute atomic E-state index is 0.0382. The summed E-state index contributed by atoms with van der Waals surface area (Å²) >= 11 is 6.05. The summed E-state index contributed by atoms with van der Waals surface area (Å²) in [4.78, 5) is 20.4. The third kappa shape index (κ3) is 3.78. The van der Waals surface area contributed by atoms with Crippen molar-refractivity contribution < 1.29 is 14.3 Å². The van der Waals surface area contributed by atoms with Gasteiger partial charge in [0.25, 0.3) is 5.91 Å². The molecule has 0 atom stereocenters. The predicted molar refractivity (Wildman–Crippen MR) is 112 cm³/mol. The van der Waals surface area contributed by atoms with E-state index in [9.17, 15) is 4.79 Å². The van der Waals surface area contributed by atoms with E-state index in [0.717, 1.165) is 42.0 Å². The molecular weight excluding hydrogens is 390 g/mol. The Labute approximate surface area is 173 Å². The van der Waals surface area contributed by atoms with Gasteiger partial charge in [-0.2, -0.15) is 0 Å².